The molecular formula is C15H20BrClN2O. The number of nitrogens with one attached hydrogen (secondary N) is 1. The van der Waals surface area contributed by atoms with Crippen LogP contribution in [0.5, 0.6) is 0 Å². The van der Waals surface area contributed by atoms with E-state index in [9.17, 15) is 4.79 Å². The van der Waals surface area contributed by atoms with Crippen molar-refractivity contribution in [2.75, 3.05) is 25.0 Å². The standard InChI is InChI=1S/C15H19BrN2O.ClH/c16-13-1-3-14(4-2-13)17-15(19)9-12-10-18-7-5-11(12)6-8-18;/h1-4,11-12H,5-10H2,(H,17,19);1H. The number of halogens is 2. The zero-order chi connectivity index (χ0) is 13.2. The van der Waals surface area contributed by atoms with Gasteiger partial charge in [0.15, 0.2) is 0 Å². The van der Waals surface area contributed by atoms with Gasteiger partial charge in [0.05, 0.1) is 0 Å². The lowest BCUT2D eigenvalue weighted by atomic mass is 9.77. The largest absolute Gasteiger partial charge is 0.326 e. The summed E-state index contributed by atoms with van der Waals surface area (Å²) in [6, 6.07) is 7.75. The van der Waals surface area contributed by atoms with Gasteiger partial charge in [0.2, 0.25) is 5.91 Å². The molecule has 0 spiro atoms. The van der Waals surface area contributed by atoms with Crippen molar-refractivity contribution in [2.24, 2.45) is 11.8 Å². The van der Waals surface area contributed by atoms with Gasteiger partial charge in [-0.2, -0.15) is 0 Å². The average molecular weight is 360 g/mol. The Balaban J connectivity index is 0.00000147. The summed E-state index contributed by atoms with van der Waals surface area (Å²) in [6.07, 6.45) is 3.21. The zero-order valence-corrected chi connectivity index (χ0v) is 13.8. The van der Waals surface area contributed by atoms with E-state index in [0.29, 0.717) is 12.3 Å². The second kappa shape index (κ2) is 6.92. The van der Waals surface area contributed by atoms with Gasteiger partial charge in [-0.05, 0) is 62.0 Å². The normalized spacial score (nSPS) is 27.8. The van der Waals surface area contributed by atoms with Gasteiger partial charge >= 0.3 is 0 Å². The maximum absolute atomic E-state index is 12.1. The van der Waals surface area contributed by atoms with Crippen LogP contribution in [0, 0.1) is 11.8 Å². The van der Waals surface area contributed by atoms with Crippen molar-refractivity contribution in [3.05, 3.63) is 28.7 Å². The molecule has 1 amide bonds. The van der Waals surface area contributed by atoms with E-state index in [4.69, 9.17) is 0 Å². The van der Waals surface area contributed by atoms with E-state index in [1.54, 1.807) is 0 Å². The highest BCUT2D eigenvalue weighted by Crippen LogP contribution is 2.34. The van der Waals surface area contributed by atoms with Crippen molar-refractivity contribution in [1.29, 1.82) is 0 Å². The molecule has 1 unspecified atom stereocenters. The first-order chi connectivity index (χ1) is 9.20. The maximum atomic E-state index is 12.1. The first-order valence-electron chi connectivity index (χ1n) is 6.98. The Kier molecular flexibility index (Phi) is 5.47. The Hall–Kier alpha value is -0.580. The van der Waals surface area contributed by atoms with Gasteiger partial charge in [0.1, 0.15) is 0 Å². The summed E-state index contributed by atoms with van der Waals surface area (Å²) in [4.78, 5) is 14.6. The second-order valence-corrected chi connectivity index (χ2v) is 6.57. The Morgan fingerprint density at radius 2 is 1.90 bits per heavy atom. The molecule has 0 aromatic heterocycles. The molecule has 1 atom stereocenters. The summed E-state index contributed by atoms with van der Waals surface area (Å²) < 4.78 is 1.03. The predicted octanol–water partition coefficient (Wildman–Crippen LogP) is 3.54. The third kappa shape index (κ3) is 3.74. The van der Waals surface area contributed by atoms with E-state index >= 15 is 0 Å². The van der Waals surface area contributed by atoms with Gasteiger partial charge < -0.3 is 10.2 Å². The fourth-order valence-electron chi connectivity index (χ4n) is 3.30. The molecule has 3 aliphatic heterocycles. The number of fused-ring (bicyclic) bond motifs is 3. The van der Waals surface area contributed by atoms with Crippen molar-refractivity contribution in [3.8, 4) is 0 Å². The van der Waals surface area contributed by atoms with Gasteiger partial charge in [-0.25, -0.2) is 0 Å². The van der Waals surface area contributed by atoms with Gasteiger partial charge in [0, 0.05) is 23.1 Å². The Labute approximate surface area is 134 Å². The number of rotatable bonds is 3. The minimum absolute atomic E-state index is 0. The van der Waals surface area contributed by atoms with Crippen LogP contribution in [0.25, 0.3) is 0 Å². The fourth-order valence-corrected chi connectivity index (χ4v) is 3.57. The van der Waals surface area contributed by atoms with Crippen molar-refractivity contribution < 1.29 is 4.79 Å². The monoisotopic (exact) mass is 358 g/mol. The van der Waals surface area contributed by atoms with Gasteiger partial charge in [0.25, 0.3) is 0 Å². The number of benzene rings is 1. The molecule has 4 rings (SSSR count). The lowest BCUT2D eigenvalue weighted by Crippen LogP contribution is -2.48. The molecule has 1 aromatic carbocycles. The minimum Gasteiger partial charge on any atom is -0.326 e. The molecule has 2 bridgehead atoms. The SMILES string of the molecule is Cl.O=C(CC1CN2CCC1CC2)Nc1ccc(Br)cc1. The van der Waals surface area contributed by atoms with E-state index in [0.717, 1.165) is 22.6 Å². The summed E-state index contributed by atoms with van der Waals surface area (Å²) >= 11 is 3.40. The van der Waals surface area contributed by atoms with E-state index in [1.165, 1.54) is 25.9 Å². The highest BCUT2D eigenvalue weighted by molar-refractivity contribution is 9.10. The molecule has 20 heavy (non-hydrogen) atoms. The molecule has 3 saturated heterocycles. The highest BCUT2D eigenvalue weighted by Gasteiger charge is 2.34. The second-order valence-electron chi connectivity index (χ2n) is 5.66. The number of amides is 1. The molecule has 3 fully saturated rings. The Morgan fingerprint density at radius 3 is 2.45 bits per heavy atom. The summed E-state index contributed by atoms with van der Waals surface area (Å²) in [5, 5.41) is 3.00. The first kappa shape index (κ1) is 15.8. The van der Waals surface area contributed by atoms with E-state index < -0.39 is 0 Å². The van der Waals surface area contributed by atoms with E-state index in [2.05, 4.69) is 26.1 Å². The van der Waals surface area contributed by atoms with Crippen molar-refractivity contribution in [2.45, 2.75) is 19.3 Å². The third-order valence-electron chi connectivity index (χ3n) is 4.37. The molecule has 5 heteroatoms. The molecular weight excluding hydrogens is 340 g/mol. The van der Waals surface area contributed by atoms with Gasteiger partial charge in [-0.15, -0.1) is 12.4 Å². The van der Waals surface area contributed by atoms with Crippen LogP contribution < -0.4 is 5.32 Å². The first-order valence-corrected chi connectivity index (χ1v) is 7.78. The molecule has 1 aromatic rings. The van der Waals surface area contributed by atoms with Gasteiger partial charge in [-0.1, -0.05) is 15.9 Å². The van der Waals surface area contributed by atoms with Gasteiger partial charge in [-0.3, -0.25) is 4.79 Å². The minimum atomic E-state index is 0. The smallest absolute Gasteiger partial charge is 0.224 e. The molecule has 0 aliphatic carbocycles. The van der Waals surface area contributed by atoms with Crippen molar-refractivity contribution >= 4 is 39.9 Å². The van der Waals surface area contributed by atoms with Crippen LogP contribution in [0.4, 0.5) is 5.69 Å². The Morgan fingerprint density at radius 1 is 1.25 bits per heavy atom. The van der Waals surface area contributed by atoms with Crippen molar-refractivity contribution in [3.63, 3.8) is 0 Å². The number of carbonyl (C=O) groups is 1. The van der Waals surface area contributed by atoms with E-state index in [1.807, 2.05) is 24.3 Å². The van der Waals surface area contributed by atoms with Crippen LogP contribution in [0.15, 0.2) is 28.7 Å². The lowest BCUT2D eigenvalue weighted by molar-refractivity contribution is -0.118. The third-order valence-corrected chi connectivity index (χ3v) is 4.90. The molecule has 110 valence electrons. The molecule has 3 aliphatic rings. The quantitative estimate of drug-likeness (QED) is 0.895. The van der Waals surface area contributed by atoms with Crippen LogP contribution in [0.2, 0.25) is 0 Å². The topological polar surface area (TPSA) is 32.3 Å². The van der Waals surface area contributed by atoms with Crippen LogP contribution in [0.1, 0.15) is 19.3 Å². The molecule has 1 N–H and O–H groups in total. The number of piperidine rings is 3. The van der Waals surface area contributed by atoms with Crippen molar-refractivity contribution in [1.82, 2.24) is 4.90 Å². The summed E-state index contributed by atoms with van der Waals surface area (Å²) in [5.41, 5.74) is 0.884. The molecule has 3 nitrogen and oxygen atoms in total. The summed E-state index contributed by atoms with van der Waals surface area (Å²) in [5.74, 6) is 1.47. The predicted molar refractivity (Wildman–Crippen MR) is 87.3 cm³/mol. The number of hydrogen-bond donors (Lipinski definition) is 1. The fraction of sp³-hybridized carbons (Fsp3) is 0.533. The number of carbonyl (C=O) groups excluding carboxylic acids is 1. The molecule has 0 radical (unpaired) electrons. The van der Waals surface area contributed by atoms with E-state index in [-0.39, 0.29) is 18.3 Å². The molecule has 3 heterocycles. The average Bonchev–Trinajstić information content (AvgIpc) is 2.43. The molecule has 0 saturated carbocycles. The summed E-state index contributed by atoms with van der Waals surface area (Å²) in [7, 11) is 0. The zero-order valence-electron chi connectivity index (χ0n) is 11.3. The number of nitrogens with zero attached hydrogens (tertiary/aromatic N) is 1. The Bertz CT molecular complexity index is 457. The lowest BCUT2D eigenvalue weighted by Gasteiger charge is -2.44. The van der Waals surface area contributed by atoms with Crippen LogP contribution >= 0.6 is 28.3 Å². The number of anilines is 1. The number of hydrogen-bond acceptors (Lipinski definition) is 2. The van der Waals surface area contributed by atoms with Crippen LogP contribution in [-0.2, 0) is 4.79 Å². The maximum Gasteiger partial charge on any atom is 0.224 e. The summed E-state index contributed by atoms with van der Waals surface area (Å²) in [6.45, 7) is 3.57. The van der Waals surface area contributed by atoms with Crippen LogP contribution in [-0.4, -0.2) is 30.4 Å². The van der Waals surface area contributed by atoms with Crippen LogP contribution in [0.3, 0.4) is 0 Å². The highest BCUT2D eigenvalue weighted by atomic mass is 79.9.